The maximum absolute atomic E-state index is 13.1. The molecule has 0 spiro atoms. The summed E-state index contributed by atoms with van der Waals surface area (Å²) in [6.07, 6.45) is 0.740. The molecular weight excluding hydrogens is 267 g/mol. The Morgan fingerprint density at radius 1 is 1.47 bits per heavy atom. The highest BCUT2D eigenvalue weighted by Crippen LogP contribution is 2.26. The van der Waals surface area contributed by atoms with Crippen molar-refractivity contribution in [3.8, 4) is 5.75 Å². The van der Waals surface area contributed by atoms with Gasteiger partial charge in [-0.15, -0.1) is 0 Å². The maximum atomic E-state index is 13.1. The average Bonchev–Trinajstić information content (AvgIpc) is 2.13. The van der Waals surface area contributed by atoms with Crippen molar-refractivity contribution in [1.82, 2.24) is 0 Å². The Morgan fingerprint density at radius 2 is 2.13 bits per heavy atom. The second-order valence-corrected chi connectivity index (χ2v) is 4.00. The summed E-state index contributed by atoms with van der Waals surface area (Å²) in [7, 11) is 0. The van der Waals surface area contributed by atoms with Gasteiger partial charge in [-0.1, -0.05) is 0 Å². The monoisotopic (exact) mass is 276 g/mol. The molecular formula is C10H10BrFO3. The van der Waals surface area contributed by atoms with E-state index in [1.165, 1.54) is 12.1 Å². The number of hydrogen-bond acceptors (Lipinski definition) is 2. The number of aromatic hydroxyl groups is 1. The first-order chi connectivity index (χ1) is 7.00. The first kappa shape index (κ1) is 12.0. The average molecular weight is 277 g/mol. The third-order valence-electron chi connectivity index (χ3n) is 1.96. The third kappa shape index (κ3) is 3.51. The summed E-state index contributed by atoms with van der Waals surface area (Å²) in [5.41, 5.74) is 0.428. The highest BCUT2D eigenvalue weighted by Gasteiger charge is 2.08. The SMILES string of the molecule is O=C(O)CCCc1cc(F)c(Br)cc1O. The number of benzene rings is 1. The van der Waals surface area contributed by atoms with Gasteiger partial charge in [-0.2, -0.15) is 0 Å². The van der Waals surface area contributed by atoms with Gasteiger partial charge in [-0.3, -0.25) is 4.79 Å². The van der Waals surface area contributed by atoms with E-state index in [1.807, 2.05) is 0 Å². The third-order valence-corrected chi connectivity index (χ3v) is 2.57. The van der Waals surface area contributed by atoms with Crippen LogP contribution in [-0.4, -0.2) is 16.2 Å². The van der Waals surface area contributed by atoms with E-state index in [4.69, 9.17) is 5.11 Å². The smallest absolute Gasteiger partial charge is 0.303 e. The molecule has 15 heavy (non-hydrogen) atoms. The van der Waals surface area contributed by atoms with Crippen LogP contribution in [0.25, 0.3) is 0 Å². The molecule has 2 N–H and O–H groups in total. The predicted octanol–water partition coefficient (Wildman–Crippen LogP) is 2.70. The van der Waals surface area contributed by atoms with Crippen LogP contribution in [0.15, 0.2) is 16.6 Å². The number of halogens is 2. The van der Waals surface area contributed by atoms with E-state index in [1.54, 1.807) is 0 Å². The fourth-order valence-corrected chi connectivity index (χ4v) is 1.54. The molecule has 0 aliphatic carbocycles. The lowest BCUT2D eigenvalue weighted by atomic mass is 10.1. The van der Waals surface area contributed by atoms with Crippen LogP contribution in [0, 0.1) is 5.82 Å². The Bertz CT molecular complexity index is 379. The molecule has 1 aromatic carbocycles. The number of carbonyl (C=O) groups is 1. The Labute approximate surface area is 94.7 Å². The fraction of sp³-hybridized carbons (Fsp3) is 0.300. The molecule has 0 saturated carbocycles. The highest BCUT2D eigenvalue weighted by atomic mass is 79.9. The molecule has 0 bridgehead atoms. The topological polar surface area (TPSA) is 57.5 Å². The van der Waals surface area contributed by atoms with Crippen LogP contribution in [0.1, 0.15) is 18.4 Å². The minimum atomic E-state index is -0.896. The lowest BCUT2D eigenvalue weighted by molar-refractivity contribution is -0.137. The van der Waals surface area contributed by atoms with E-state index in [0.717, 1.165) is 0 Å². The molecule has 0 fully saturated rings. The van der Waals surface area contributed by atoms with Crippen molar-refractivity contribution in [2.75, 3.05) is 0 Å². The second kappa shape index (κ2) is 5.11. The van der Waals surface area contributed by atoms with Gasteiger partial charge in [-0.05, 0) is 46.5 Å². The van der Waals surface area contributed by atoms with Crippen molar-refractivity contribution >= 4 is 21.9 Å². The van der Waals surface area contributed by atoms with E-state index in [0.29, 0.717) is 18.4 Å². The molecule has 0 aromatic heterocycles. The first-order valence-corrected chi connectivity index (χ1v) is 5.18. The molecule has 0 aliphatic rings. The van der Waals surface area contributed by atoms with Crippen molar-refractivity contribution in [3.63, 3.8) is 0 Å². The Hall–Kier alpha value is -1.10. The number of phenolic OH excluding ortho intramolecular Hbond substituents is 1. The molecule has 1 rings (SSSR count). The largest absolute Gasteiger partial charge is 0.508 e. The molecule has 3 nitrogen and oxygen atoms in total. The number of aliphatic carboxylic acids is 1. The number of rotatable bonds is 4. The zero-order chi connectivity index (χ0) is 11.4. The molecule has 82 valence electrons. The summed E-state index contributed by atoms with van der Waals surface area (Å²) in [4.78, 5) is 10.3. The molecule has 0 atom stereocenters. The summed E-state index contributed by atoms with van der Waals surface area (Å²) < 4.78 is 13.3. The van der Waals surface area contributed by atoms with E-state index in [9.17, 15) is 14.3 Å². The molecule has 0 aliphatic heterocycles. The van der Waals surface area contributed by atoms with Crippen molar-refractivity contribution in [2.45, 2.75) is 19.3 Å². The summed E-state index contributed by atoms with van der Waals surface area (Å²) >= 11 is 2.94. The minimum absolute atomic E-state index is 0.0110. The van der Waals surface area contributed by atoms with Gasteiger partial charge in [0.2, 0.25) is 0 Å². The summed E-state index contributed by atoms with van der Waals surface area (Å²) in [5.74, 6) is -1.38. The van der Waals surface area contributed by atoms with E-state index >= 15 is 0 Å². The molecule has 0 amide bonds. The van der Waals surface area contributed by atoms with Crippen LogP contribution < -0.4 is 0 Å². The van der Waals surface area contributed by atoms with Gasteiger partial charge in [0, 0.05) is 6.42 Å². The normalized spacial score (nSPS) is 10.3. The molecule has 5 heteroatoms. The Morgan fingerprint density at radius 3 is 2.73 bits per heavy atom. The summed E-state index contributed by atoms with van der Waals surface area (Å²) in [5, 5.41) is 17.9. The van der Waals surface area contributed by atoms with Gasteiger partial charge in [0.15, 0.2) is 0 Å². The number of phenols is 1. The van der Waals surface area contributed by atoms with Crippen LogP contribution in [0.3, 0.4) is 0 Å². The number of aryl methyl sites for hydroxylation is 1. The Kier molecular flexibility index (Phi) is 4.08. The van der Waals surface area contributed by atoms with Gasteiger partial charge in [0.1, 0.15) is 11.6 Å². The minimum Gasteiger partial charge on any atom is -0.508 e. The van der Waals surface area contributed by atoms with E-state index in [2.05, 4.69) is 15.9 Å². The maximum Gasteiger partial charge on any atom is 0.303 e. The van der Waals surface area contributed by atoms with Gasteiger partial charge < -0.3 is 10.2 Å². The lowest BCUT2D eigenvalue weighted by Gasteiger charge is -2.05. The molecule has 0 saturated heterocycles. The van der Waals surface area contributed by atoms with E-state index < -0.39 is 11.8 Å². The quantitative estimate of drug-likeness (QED) is 0.889. The van der Waals surface area contributed by atoms with E-state index in [-0.39, 0.29) is 16.6 Å². The van der Waals surface area contributed by atoms with Gasteiger partial charge in [0.25, 0.3) is 0 Å². The predicted molar refractivity (Wildman–Crippen MR) is 56.3 cm³/mol. The number of carboxylic acids is 1. The number of carboxylic acid groups (broad SMARTS) is 1. The van der Waals surface area contributed by atoms with Crippen LogP contribution in [0.2, 0.25) is 0 Å². The van der Waals surface area contributed by atoms with Gasteiger partial charge in [0.05, 0.1) is 4.47 Å². The number of hydrogen-bond donors (Lipinski definition) is 2. The van der Waals surface area contributed by atoms with Crippen molar-refractivity contribution in [3.05, 3.63) is 28.0 Å². The summed E-state index contributed by atoms with van der Waals surface area (Å²) in [6.45, 7) is 0. The molecule has 0 heterocycles. The molecule has 1 aromatic rings. The van der Waals surface area contributed by atoms with Crippen molar-refractivity contribution in [2.24, 2.45) is 0 Å². The van der Waals surface area contributed by atoms with Crippen LogP contribution in [-0.2, 0) is 11.2 Å². The standard InChI is InChI=1S/C10H10BrFO3/c11-7-5-9(13)6(4-8(7)12)2-1-3-10(14)15/h4-5,13H,1-3H2,(H,14,15). The fourth-order valence-electron chi connectivity index (χ4n) is 1.21. The van der Waals surface area contributed by atoms with Crippen molar-refractivity contribution in [1.29, 1.82) is 0 Å². The van der Waals surface area contributed by atoms with Crippen LogP contribution in [0.4, 0.5) is 4.39 Å². The van der Waals surface area contributed by atoms with Crippen molar-refractivity contribution < 1.29 is 19.4 Å². The molecule has 0 unspecified atom stereocenters. The molecule has 0 radical (unpaired) electrons. The van der Waals surface area contributed by atoms with Gasteiger partial charge in [-0.25, -0.2) is 4.39 Å². The zero-order valence-corrected chi connectivity index (χ0v) is 9.42. The second-order valence-electron chi connectivity index (χ2n) is 3.14. The first-order valence-electron chi connectivity index (χ1n) is 4.39. The summed E-state index contributed by atoms with van der Waals surface area (Å²) in [6, 6.07) is 2.48. The zero-order valence-electron chi connectivity index (χ0n) is 7.83. The lowest BCUT2D eigenvalue weighted by Crippen LogP contribution is -1.96. The van der Waals surface area contributed by atoms with Crippen LogP contribution in [0.5, 0.6) is 5.75 Å². The Balaban J connectivity index is 2.69. The highest BCUT2D eigenvalue weighted by molar-refractivity contribution is 9.10. The van der Waals surface area contributed by atoms with Gasteiger partial charge >= 0.3 is 5.97 Å². The van der Waals surface area contributed by atoms with Crippen LogP contribution >= 0.6 is 15.9 Å².